The average molecular weight is 282 g/mol. The van der Waals surface area contributed by atoms with Crippen molar-refractivity contribution in [2.24, 2.45) is 0 Å². The van der Waals surface area contributed by atoms with Crippen LogP contribution in [0.2, 0.25) is 0 Å². The van der Waals surface area contributed by atoms with Crippen molar-refractivity contribution in [2.45, 2.75) is 19.1 Å². The standard InChI is InChI=1S/C12H18N4O4/c1-8-7-20-10(6-17)5-15(8)12-4-9(16(18)19)3-11(13-2)14-12/h3-4,8,10,17H,5-7H2,1-2H3,(H,13,14). The summed E-state index contributed by atoms with van der Waals surface area (Å²) in [6.45, 7) is 2.77. The Kier molecular flexibility index (Phi) is 4.35. The summed E-state index contributed by atoms with van der Waals surface area (Å²) in [5, 5.41) is 23.0. The highest BCUT2D eigenvalue weighted by Gasteiger charge is 2.28. The molecule has 1 fully saturated rings. The van der Waals surface area contributed by atoms with Crippen molar-refractivity contribution in [3.8, 4) is 0 Å². The van der Waals surface area contributed by atoms with Crippen molar-refractivity contribution in [1.29, 1.82) is 0 Å². The third-order valence-electron chi connectivity index (χ3n) is 3.27. The summed E-state index contributed by atoms with van der Waals surface area (Å²) in [5.74, 6) is 0.950. The van der Waals surface area contributed by atoms with E-state index >= 15 is 0 Å². The van der Waals surface area contributed by atoms with E-state index in [1.165, 1.54) is 12.1 Å². The van der Waals surface area contributed by atoms with Crippen molar-refractivity contribution in [1.82, 2.24) is 4.98 Å². The van der Waals surface area contributed by atoms with E-state index in [0.29, 0.717) is 24.8 Å². The summed E-state index contributed by atoms with van der Waals surface area (Å²) >= 11 is 0. The number of nitrogens with one attached hydrogen (secondary N) is 1. The van der Waals surface area contributed by atoms with Gasteiger partial charge in [-0.1, -0.05) is 0 Å². The number of morpholine rings is 1. The molecule has 2 unspecified atom stereocenters. The lowest BCUT2D eigenvalue weighted by atomic mass is 10.2. The van der Waals surface area contributed by atoms with Crippen molar-refractivity contribution in [3.05, 3.63) is 22.2 Å². The van der Waals surface area contributed by atoms with Gasteiger partial charge in [0, 0.05) is 13.6 Å². The predicted molar refractivity (Wildman–Crippen MR) is 74.1 cm³/mol. The average Bonchev–Trinajstić information content (AvgIpc) is 2.47. The molecule has 0 radical (unpaired) electrons. The summed E-state index contributed by atoms with van der Waals surface area (Å²) in [4.78, 5) is 16.8. The van der Waals surface area contributed by atoms with Gasteiger partial charge in [-0.2, -0.15) is 0 Å². The summed E-state index contributed by atoms with van der Waals surface area (Å²) < 4.78 is 5.46. The molecule has 2 heterocycles. The van der Waals surface area contributed by atoms with Gasteiger partial charge in [-0.05, 0) is 6.92 Å². The molecule has 8 nitrogen and oxygen atoms in total. The van der Waals surface area contributed by atoms with E-state index in [1.807, 2.05) is 11.8 Å². The van der Waals surface area contributed by atoms with Crippen LogP contribution in [0.4, 0.5) is 17.3 Å². The summed E-state index contributed by atoms with van der Waals surface area (Å²) in [6.07, 6.45) is -0.301. The second-order valence-electron chi connectivity index (χ2n) is 4.72. The van der Waals surface area contributed by atoms with E-state index in [2.05, 4.69) is 10.3 Å². The van der Waals surface area contributed by atoms with Gasteiger partial charge in [0.2, 0.25) is 0 Å². The molecule has 2 N–H and O–H groups in total. The number of hydrogen-bond acceptors (Lipinski definition) is 7. The Bertz CT molecular complexity index is 496. The Balaban J connectivity index is 2.34. The van der Waals surface area contributed by atoms with Crippen LogP contribution < -0.4 is 10.2 Å². The van der Waals surface area contributed by atoms with E-state index < -0.39 is 4.92 Å². The summed E-state index contributed by atoms with van der Waals surface area (Å²) in [7, 11) is 1.66. The highest BCUT2D eigenvalue weighted by Crippen LogP contribution is 2.26. The number of pyridine rings is 1. The molecule has 0 saturated carbocycles. The topological polar surface area (TPSA) is 101 Å². The number of anilines is 2. The molecule has 0 aromatic carbocycles. The zero-order chi connectivity index (χ0) is 14.7. The first-order valence-corrected chi connectivity index (χ1v) is 6.38. The monoisotopic (exact) mass is 282 g/mol. The molecule has 8 heteroatoms. The van der Waals surface area contributed by atoms with Crippen LogP contribution in [0.3, 0.4) is 0 Å². The van der Waals surface area contributed by atoms with Gasteiger partial charge in [0.25, 0.3) is 5.69 Å². The first-order valence-electron chi connectivity index (χ1n) is 6.38. The first kappa shape index (κ1) is 14.5. The van der Waals surface area contributed by atoms with Gasteiger partial charge >= 0.3 is 0 Å². The molecule has 0 amide bonds. The van der Waals surface area contributed by atoms with E-state index in [1.54, 1.807) is 7.05 Å². The second-order valence-corrected chi connectivity index (χ2v) is 4.72. The van der Waals surface area contributed by atoms with Gasteiger partial charge in [-0.25, -0.2) is 4.98 Å². The molecular formula is C12H18N4O4. The van der Waals surface area contributed by atoms with E-state index in [0.717, 1.165) is 0 Å². The molecule has 20 heavy (non-hydrogen) atoms. The Labute approximate surface area is 116 Å². The zero-order valence-electron chi connectivity index (χ0n) is 11.4. The lowest BCUT2D eigenvalue weighted by Crippen LogP contribution is -2.50. The highest BCUT2D eigenvalue weighted by molar-refractivity contribution is 5.56. The minimum Gasteiger partial charge on any atom is -0.394 e. The van der Waals surface area contributed by atoms with Crippen LogP contribution in [0.15, 0.2) is 12.1 Å². The molecule has 0 bridgehead atoms. The van der Waals surface area contributed by atoms with E-state index in [-0.39, 0.29) is 24.4 Å². The van der Waals surface area contributed by atoms with Crippen LogP contribution in [0.5, 0.6) is 0 Å². The molecule has 0 spiro atoms. The Hall–Kier alpha value is -1.93. The maximum atomic E-state index is 11.0. The van der Waals surface area contributed by atoms with Gasteiger partial charge < -0.3 is 20.1 Å². The molecule has 1 aromatic rings. The summed E-state index contributed by atoms with van der Waals surface area (Å²) in [5.41, 5.74) is -0.0152. The molecule has 110 valence electrons. The zero-order valence-corrected chi connectivity index (χ0v) is 11.4. The van der Waals surface area contributed by atoms with Gasteiger partial charge in [0.15, 0.2) is 0 Å². The molecule has 0 aliphatic carbocycles. The first-order chi connectivity index (χ1) is 9.55. The van der Waals surface area contributed by atoms with Crippen LogP contribution in [0, 0.1) is 10.1 Å². The number of nitro groups is 1. The number of aliphatic hydroxyl groups is 1. The van der Waals surface area contributed by atoms with Crippen LogP contribution in [0.1, 0.15) is 6.92 Å². The number of aromatic nitrogens is 1. The predicted octanol–water partition coefficient (Wildman–Crippen LogP) is 0.617. The van der Waals surface area contributed by atoms with Crippen LogP contribution >= 0.6 is 0 Å². The molecular weight excluding hydrogens is 264 g/mol. The quantitative estimate of drug-likeness (QED) is 0.616. The Morgan fingerprint density at radius 2 is 2.40 bits per heavy atom. The third kappa shape index (κ3) is 2.97. The van der Waals surface area contributed by atoms with Crippen molar-refractivity contribution < 1.29 is 14.8 Å². The van der Waals surface area contributed by atoms with Crippen molar-refractivity contribution in [2.75, 3.05) is 37.0 Å². The van der Waals surface area contributed by atoms with Crippen LogP contribution in [-0.2, 0) is 4.74 Å². The highest BCUT2D eigenvalue weighted by atomic mass is 16.6. The number of aliphatic hydroxyl groups excluding tert-OH is 1. The maximum absolute atomic E-state index is 11.0. The second kappa shape index (κ2) is 6.02. The molecule has 1 aliphatic rings. The number of ether oxygens (including phenoxy) is 1. The lowest BCUT2D eigenvalue weighted by Gasteiger charge is -2.38. The largest absolute Gasteiger partial charge is 0.394 e. The molecule has 1 aromatic heterocycles. The minimum absolute atomic E-state index is 0.0152. The fraction of sp³-hybridized carbons (Fsp3) is 0.583. The van der Waals surface area contributed by atoms with E-state index in [9.17, 15) is 15.2 Å². The SMILES string of the molecule is CNc1cc([N+](=O)[O-])cc(N2CC(CO)OCC2C)n1. The molecule has 2 atom stereocenters. The van der Waals surface area contributed by atoms with Gasteiger partial charge in [-0.3, -0.25) is 10.1 Å². The Morgan fingerprint density at radius 3 is 3.00 bits per heavy atom. The fourth-order valence-corrected chi connectivity index (χ4v) is 2.13. The number of hydrogen-bond donors (Lipinski definition) is 2. The van der Waals surface area contributed by atoms with Crippen molar-refractivity contribution in [3.63, 3.8) is 0 Å². The fourth-order valence-electron chi connectivity index (χ4n) is 2.13. The number of nitrogens with zero attached hydrogens (tertiary/aromatic N) is 3. The number of rotatable bonds is 4. The van der Waals surface area contributed by atoms with Gasteiger partial charge in [0.1, 0.15) is 11.6 Å². The maximum Gasteiger partial charge on any atom is 0.276 e. The summed E-state index contributed by atoms with van der Waals surface area (Å²) in [6, 6.07) is 2.87. The van der Waals surface area contributed by atoms with Crippen LogP contribution in [-0.4, -0.2) is 54.0 Å². The smallest absolute Gasteiger partial charge is 0.276 e. The third-order valence-corrected chi connectivity index (χ3v) is 3.27. The molecule has 2 rings (SSSR count). The Morgan fingerprint density at radius 1 is 1.65 bits per heavy atom. The van der Waals surface area contributed by atoms with E-state index in [4.69, 9.17) is 4.74 Å². The van der Waals surface area contributed by atoms with Gasteiger partial charge in [0.05, 0.1) is 42.4 Å². The van der Waals surface area contributed by atoms with Gasteiger partial charge in [-0.15, -0.1) is 0 Å². The van der Waals surface area contributed by atoms with Crippen molar-refractivity contribution >= 4 is 17.3 Å². The minimum atomic E-state index is -0.444. The molecule has 1 aliphatic heterocycles. The lowest BCUT2D eigenvalue weighted by molar-refractivity contribution is -0.384. The van der Waals surface area contributed by atoms with Crippen LogP contribution in [0.25, 0.3) is 0 Å². The normalized spacial score (nSPS) is 22.6. The molecule has 1 saturated heterocycles.